The third kappa shape index (κ3) is 1.57. The van der Waals surface area contributed by atoms with Gasteiger partial charge in [0.25, 0.3) is 11.1 Å². The Bertz CT molecular complexity index is 667. The maximum atomic E-state index is 11.9. The van der Waals surface area contributed by atoms with Crippen molar-refractivity contribution in [2.24, 2.45) is 0 Å². The number of nitrogens with one attached hydrogen (secondary N) is 3. The third-order valence-corrected chi connectivity index (χ3v) is 3.17. The summed E-state index contributed by atoms with van der Waals surface area (Å²) in [6, 6.07) is -0.0362. The number of aromatic nitrogens is 3. The van der Waals surface area contributed by atoms with Crippen LogP contribution in [0.4, 0.5) is 0 Å². The van der Waals surface area contributed by atoms with Gasteiger partial charge in [-0.1, -0.05) is 0 Å². The lowest BCUT2D eigenvalue weighted by Crippen LogP contribution is -2.26. The van der Waals surface area contributed by atoms with Crippen LogP contribution in [0.5, 0.6) is 0 Å². The number of aromatic amines is 2. The number of hydrogen-bond donors (Lipinski definition) is 3. The molecule has 0 spiro atoms. The van der Waals surface area contributed by atoms with Crippen LogP contribution in [0.2, 0.25) is 0 Å². The molecule has 1 atom stereocenters. The highest BCUT2D eigenvalue weighted by Crippen LogP contribution is 2.23. The molecule has 0 unspecified atom stereocenters. The molecule has 1 aliphatic heterocycles. The average Bonchev–Trinajstić information content (AvgIpc) is 2.83. The van der Waals surface area contributed by atoms with Gasteiger partial charge in [-0.05, 0) is 19.4 Å². The van der Waals surface area contributed by atoms with Gasteiger partial charge in [-0.3, -0.25) is 9.59 Å². The maximum absolute atomic E-state index is 11.9. The van der Waals surface area contributed by atoms with Gasteiger partial charge in [-0.25, -0.2) is 5.10 Å². The monoisotopic (exact) mass is 232 g/mol. The molecule has 6 heteroatoms. The summed E-state index contributed by atoms with van der Waals surface area (Å²) < 4.78 is 0. The summed E-state index contributed by atoms with van der Waals surface area (Å²) in [5.41, 5.74) is 0.0227. The van der Waals surface area contributed by atoms with Gasteiger partial charge in [0.05, 0.1) is 11.6 Å². The quantitative estimate of drug-likeness (QED) is 0.647. The van der Waals surface area contributed by atoms with Crippen LogP contribution in [0, 0.1) is 0 Å². The maximum Gasteiger partial charge on any atom is 0.272 e. The van der Waals surface area contributed by atoms with Crippen LogP contribution in [0.3, 0.4) is 0 Å². The molecule has 0 saturated carbocycles. The molecule has 1 saturated heterocycles. The van der Waals surface area contributed by atoms with E-state index in [-0.39, 0.29) is 17.2 Å². The second-order valence-electron chi connectivity index (χ2n) is 4.21. The smallest absolute Gasteiger partial charge is 0.272 e. The predicted octanol–water partition coefficient (Wildman–Crippen LogP) is 0.0359. The molecule has 3 heterocycles. The van der Waals surface area contributed by atoms with Gasteiger partial charge in [0, 0.05) is 23.2 Å². The van der Waals surface area contributed by atoms with Crippen molar-refractivity contribution in [1.82, 2.24) is 20.5 Å². The van der Waals surface area contributed by atoms with Crippen molar-refractivity contribution in [2.75, 3.05) is 6.54 Å². The van der Waals surface area contributed by atoms with Crippen LogP contribution in [0.1, 0.15) is 24.4 Å². The van der Waals surface area contributed by atoms with Crippen LogP contribution in [0.15, 0.2) is 22.0 Å². The first kappa shape index (κ1) is 10.2. The lowest BCUT2D eigenvalue weighted by Gasteiger charge is -2.11. The van der Waals surface area contributed by atoms with E-state index in [1.807, 2.05) is 0 Å². The van der Waals surface area contributed by atoms with Gasteiger partial charge < -0.3 is 10.3 Å². The summed E-state index contributed by atoms with van der Waals surface area (Å²) in [4.78, 5) is 26.4. The van der Waals surface area contributed by atoms with Gasteiger partial charge in [0.2, 0.25) is 0 Å². The third-order valence-electron chi connectivity index (χ3n) is 3.17. The summed E-state index contributed by atoms with van der Waals surface area (Å²) >= 11 is 0. The van der Waals surface area contributed by atoms with Crippen molar-refractivity contribution in [2.45, 2.75) is 18.9 Å². The standard InChI is InChI=1S/C11H12N4O2/c16-10-9(7-2-1-3-12-7)8-6(4-13-10)5-14-15-11(8)17/h4-5,7,12H,1-3H2,(H,13,16)(H,15,17)/t7-/m1/s1. The first-order valence-corrected chi connectivity index (χ1v) is 5.60. The number of hydrogen-bond acceptors (Lipinski definition) is 4. The summed E-state index contributed by atoms with van der Waals surface area (Å²) in [5, 5.41) is 10.5. The summed E-state index contributed by atoms with van der Waals surface area (Å²) in [6.45, 7) is 0.878. The van der Waals surface area contributed by atoms with E-state index in [1.54, 1.807) is 6.20 Å². The van der Waals surface area contributed by atoms with Crippen molar-refractivity contribution in [3.8, 4) is 0 Å². The fraction of sp³-hybridized carbons (Fsp3) is 0.364. The molecule has 17 heavy (non-hydrogen) atoms. The van der Waals surface area contributed by atoms with Crippen molar-refractivity contribution in [1.29, 1.82) is 0 Å². The van der Waals surface area contributed by atoms with E-state index in [1.165, 1.54) is 6.20 Å². The Morgan fingerprint density at radius 1 is 1.29 bits per heavy atom. The predicted molar refractivity (Wildman–Crippen MR) is 63.0 cm³/mol. The van der Waals surface area contributed by atoms with E-state index in [4.69, 9.17) is 0 Å². The molecule has 1 fully saturated rings. The van der Waals surface area contributed by atoms with E-state index >= 15 is 0 Å². The molecule has 88 valence electrons. The molecule has 0 bridgehead atoms. The van der Waals surface area contributed by atoms with Crippen molar-refractivity contribution in [3.63, 3.8) is 0 Å². The minimum atomic E-state index is -0.308. The minimum Gasteiger partial charge on any atom is -0.328 e. The number of pyridine rings is 1. The zero-order chi connectivity index (χ0) is 11.8. The Morgan fingerprint density at radius 2 is 2.18 bits per heavy atom. The molecule has 0 amide bonds. The fourth-order valence-electron chi connectivity index (χ4n) is 2.40. The van der Waals surface area contributed by atoms with Crippen LogP contribution in [0.25, 0.3) is 10.8 Å². The second kappa shape index (κ2) is 3.81. The second-order valence-corrected chi connectivity index (χ2v) is 4.21. The summed E-state index contributed by atoms with van der Waals surface area (Å²) in [5.74, 6) is 0. The first-order valence-electron chi connectivity index (χ1n) is 5.60. The Hall–Kier alpha value is -1.95. The molecule has 3 N–H and O–H groups in total. The molecule has 1 aliphatic rings. The van der Waals surface area contributed by atoms with Crippen LogP contribution >= 0.6 is 0 Å². The van der Waals surface area contributed by atoms with Gasteiger partial charge in [-0.2, -0.15) is 5.10 Å². The Kier molecular flexibility index (Phi) is 2.29. The van der Waals surface area contributed by atoms with Crippen molar-refractivity contribution in [3.05, 3.63) is 38.7 Å². The van der Waals surface area contributed by atoms with Crippen LogP contribution in [-0.2, 0) is 0 Å². The molecule has 0 aliphatic carbocycles. The number of nitrogens with zero attached hydrogens (tertiary/aromatic N) is 1. The topological polar surface area (TPSA) is 90.6 Å². The summed E-state index contributed by atoms with van der Waals surface area (Å²) in [6.07, 6.45) is 4.97. The first-order chi connectivity index (χ1) is 8.27. The Morgan fingerprint density at radius 3 is 2.94 bits per heavy atom. The highest BCUT2D eigenvalue weighted by atomic mass is 16.1. The van der Waals surface area contributed by atoms with Crippen LogP contribution < -0.4 is 16.4 Å². The molecule has 3 rings (SSSR count). The number of rotatable bonds is 1. The van der Waals surface area contributed by atoms with E-state index in [0.717, 1.165) is 19.4 Å². The summed E-state index contributed by atoms with van der Waals surface area (Å²) in [7, 11) is 0. The minimum absolute atomic E-state index is 0.0362. The average molecular weight is 232 g/mol. The normalized spacial score (nSPS) is 19.9. The van der Waals surface area contributed by atoms with E-state index in [0.29, 0.717) is 16.3 Å². The molecular formula is C11H12N4O2. The van der Waals surface area contributed by atoms with Gasteiger partial charge in [0.1, 0.15) is 0 Å². The Labute approximate surface area is 96.1 Å². The van der Waals surface area contributed by atoms with Gasteiger partial charge in [0.15, 0.2) is 0 Å². The molecule has 0 radical (unpaired) electrons. The Balaban J connectivity index is 2.38. The van der Waals surface area contributed by atoms with Crippen LogP contribution in [-0.4, -0.2) is 21.7 Å². The molecule has 6 nitrogen and oxygen atoms in total. The largest absolute Gasteiger partial charge is 0.328 e. The van der Waals surface area contributed by atoms with Crippen molar-refractivity contribution >= 4 is 10.8 Å². The highest BCUT2D eigenvalue weighted by molar-refractivity contribution is 5.83. The fourth-order valence-corrected chi connectivity index (χ4v) is 2.40. The van der Waals surface area contributed by atoms with Gasteiger partial charge in [-0.15, -0.1) is 0 Å². The molecular weight excluding hydrogens is 220 g/mol. The highest BCUT2D eigenvalue weighted by Gasteiger charge is 2.22. The van der Waals surface area contributed by atoms with Crippen molar-refractivity contribution < 1.29 is 0 Å². The van der Waals surface area contributed by atoms with E-state index in [9.17, 15) is 9.59 Å². The molecule has 2 aromatic heterocycles. The van der Waals surface area contributed by atoms with Gasteiger partial charge >= 0.3 is 0 Å². The number of fused-ring (bicyclic) bond motifs is 1. The lowest BCUT2D eigenvalue weighted by atomic mass is 10.0. The molecule has 0 aromatic carbocycles. The zero-order valence-electron chi connectivity index (χ0n) is 9.12. The van der Waals surface area contributed by atoms with E-state index < -0.39 is 0 Å². The zero-order valence-corrected chi connectivity index (χ0v) is 9.12. The molecule has 2 aromatic rings. The SMILES string of the molecule is O=c1[nH]cc2cn[nH]c(=O)c2c1[C@H]1CCCN1. The van der Waals surface area contributed by atoms with E-state index in [2.05, 4.69) is 20.5 Å². The lowest BCUT2D eigenvalue weighted by molar-refractivity contribution is 0.644. The number of H-pyrrole nitrogens is 2.